The molecular weight excluding hydrogens is 226 g/mol. The summed E-state index contributed by atoms with van der Waals surface area (Å²) >= 11 is 0. The molecule has 0 saturated heterocycles. The highest BCUT2D eigenvalue weighted by Crippen LogP contribution is 2.21. The van der Waals surface area contributed by atoms with Crippen LogP contribution in [-0.2, 0) is 6.54 Å². The van der Waals surface area contributed by atoms with Crippen molar-refractivity contribution in [3.8, 4) is 5.88 Å². The zero-order valence-corrected chi connectivity index (χ0v) is 10.6. The number of hydrogen-bond donors (Lipinski definition) is 2. The molecule has 0 amide bonds. The van der Waals surface area contributed by atoms with Gasteiger partial charge in [-0.1, -0.05) is 6.07 Å². The van der Waals surface area contributed by atoms with Crippen molar-refractivity contribution in [2.75, 3.05) is 18.2 Å². The molecule has 0 fully saturated rings. The second-order valence-corrected chi connectivity index (χ2v) is 4.08. The summed E-state index contributed by atoms with van der Waals surface area (Å²) in [5, 5.41) is 3.36. The lowest BCUT2D eigenvalue weighted by atomic mass is 10.1. The van der Waals surface area contributed by atoms with Crippen molar-refractivity contribution in [1.82, 2.24) is 4.98 Å². The normalized spacial score (nSPS) is 10.1. The first-order valence-corrected chi connectivity index (χ1v) is 5.78. The maximum atomic E-state index is 5.87. The quantitative estimate of drug-likeness (QED) is 0.810. The number of methoxy groups -OCH3 is 1. The Morgan fingerprint density at radius 1 is 1.33 bits per heavy atom. The summed E-state index contributed by atoms with van der Waals surface area (Å²) in [4.78, 5) is 4.07. The van der Waals surface area contributed by atoms with Gasteiger partial charge in [-0.3, -0.25) is 0 Å². The van der Waals surface area contributed by atoms with E-state index in [4.69, 9.17) is 10.5 Å². The van der Waals surface area contributed by atoms with Crippen molar-refractivity contribution in [3.05, 3.63) is 47.7 Å². The fourth-order valence-electron chi connectivity index (χ4n) is 1.71. The zero-order chi connectivity index (χ0) is 13.0. The van der Waals surface area contributed by atoms with Gasteiger partial charge < -0.3 is 15.8 Å². The number of hydrogen-bond acceptors (Lipinski definition) is 4. The lowest BCUT2D eigenvalue weighted by Gasteiger charge is -2.11. The monoisotopic (exact) mass is 243 g/mol. The number of benzene rings is 1. The van der Waals surface area contributed by atoms with Gasteiger partial charge in [0.25, 0.3) is 0 Å². The number of rotatable bonds is 4. The predicted octanol–water partition coefficient (Wildman–Crippen LogP) is 2.59. The number of nitrogens with two attached hydrogens (primary N) is 1. The van der Waals surface area contributed by atoms with Crippen LogP contribution in [0.3, 0.4) is 0 Å². The molecule has 0 bridgehead atoms. The van der Waals surface area contributed by atoms with Gasteiger partial charge in [-0.15, -0.1) is 0 Å². The summed E-state index contributed by atoms with van der Waals surface area (Å²) in [5.41, 5.74) is 9.89. The van der Waals surface area contributed by atoms with E-state index < -0.39 is 0 Å². The number of aromatic nitrogens is 1. The summed E-state index contributed by atoms with van der Waals surface area (Å²) in [6.07, 6.45) is 1.74. The summed E-state index contributed by atoms with van der Waals surface area (Å²) < 4.78 is 5.09. The van der Waals surface area contributed by atoms with Crippen molar-refractivity contribution in [2.24, 2.45) is 0 Å². The molecule has 0 aliphatic rings. The number of nitrogen functional groups attached to an aromatic ring is 1. The maximum Gasteiger partial charge on any atom is 0.213 e. The smallest absolute Gasteiger partial charge is 0.213 e. The van der Waals surface area contributed by atoms with Crippen LogP contribution in [0, 0.1) is 6.92 Å². The number of ether oxygens (including phenoxy) is 1. The molecule has 0 unspecified atom stereocenters. The molecule has 3 N–H and O–H groups in total. The van der Waals surface area contributed by atoms with Gasteiger partial charge in [-0.05, 0) is 36.2 Å². The third kappa shape index (κ3) is 2.71. The van der Waals surface area contributed by atoms with Crippen molar-refractivity contribution in [2.45, 2.75) is 13.5 Å². The van der Waals surface area contributed by atoms with Crippen molar-refractivity contribution < 1.29 is 4.74 Å². The summed E-state index contributed by atoms with van der Waals surface area (Å²) in [6.45, 7) is 2.72. The van der Waals surface area contributed by atoms with Gasteiger partial charge in [0.2, 0.25) is 5.88 Å². The minimum absolute atomic E-state index is 0.624. The van der Waals surface area contributed by atoms with Crippen LogP contribution >= 0.6 is 0 Å². The number of pyridine rings is 1. The van der Waals surface area contributed by atoms with E-state index in [1.165, 1.54) is 0 Å². The van der Waals surface area contributed by atoms with Crippen LogP contribution in [0.15, 0.2) is 36.5 Å². The molecule has 4 nitrogen and oxygen atoms in total. The Morgan fingerprint density at radius 2 is 2.17 bits per heavy atom. The van der Waals surface area contributed by atoms with E-state index in [0.29, 0.717) is 12.4 Å². The molecule has 2 rings (SSSR count). The first kappa shape index (κ1) is 12.2. The zero-order valence-electron chi connectivity index (χ0n) is 10.6. The van der Waals surface area contributed by atoms with Gasteiger partial charge in [0.15, 0.2) is 0 Å². The second kappa shape index (κ2) is 5.40. The molecular formula is C14H17N3O. The van der Waals surface area contributed by atoms with Crippen molar-refractivity contribution >= 4 is 11.4 Å². The molecule has 0 radical (unpaired) electrons. The number of nitrogens with one attached hydrogen (secondary N) is 1. The van der Waals surface area contributed by atoms with Crippen LogP contribution in [-0.4, -0.2) is 12.1 Å². The van der Waals surface area contributed by atoms with E-state index in [1.807, 2.05) is 37.3 Å². The average molecular weight is 243 g/mol. The first-order valence-electron chi connectivity index (χ1n) is 5.78. The molecule has 1 aromatic heterocycles. The lowest BCUT2D eigenvalue weighted by Crippen LogP contribution is -2.03. The Labute approximate surface area is 107 Å². The van der Waals surface area contributed by atoms with E-state index in [-0.39, 0.29) is 0 Å². The Balaban J connectivity index is 2.09. The topological polar surface area (TPSA) is 60.2 Å². The molecule has 0 saturated carbocycles. The molecule has 4 heteroatoms. The molecule has 0 spiro atoms. The average Bonchev–Trinajstić information content (AvgIpc) is 2.41. The highest BCUT2D eigenvalue weighted by atomic mass is 16.5. The van der Waals surface area contributed by atoms with Crippen molar-refractivity contribution in [3.63, 3.8) is 0 Å². The Morgan fingerprint density at radius 3 is 2.94 bits per heavy atom. The van der Waals surface area contributed by atoms with Gasteiger partial charge in [-0.25, -0.2) is 4.98 Å². The summed E-state index contributed by atoms with van der Waals surface area (Å²) in [7, 11) is 1.61. The van der Waals surface area contributed by atoms with Gasteiger partial charge in [0.05, 0.1) is 7.11 Å². The molecule has 0 atom stereocenters. The Bertz CT molecular complexity index is 540. The maximum absolute atomic E-state index is 5.87. The third-order valence-electron chi connectivity index (χ3n) is 2.87. The molecule has 18 heavy (non-hydrogen) atoms. The lowest BCUT2D eigenvalue weighted by molar-refractivity contribution is 0.397. The fraction of sp³-hybridized carbons (Fsp3) is 0.214. The minimum atomic E-state index is 0.624. The van der Waals surface area contributed by atoms with E-state index >= 15 is 0 Å². The Kier molecular flexibility index (Phi) is 3.67. The minimum Gasteiger partial charge on any atom is -0.481 e. The van der Waals surface area contributed by atoms with Gasteiger partial charge in [-0.2, -0.15) is 0 Å². The van der Waals surface area contributed by atoms with E-state index in [0.717, 1.165) is 22.5 Å². The molecule has 0 aliphatic heterocycles. The predicted molar refractivity (Wildman–Crippen MR) is 73.7 cm³/mol. The SMILES string of the molecule is COc1cc(CNc2cccc(N)c2C)ccn1. The Hall–Kier alpha value is -2.23. The standard InChI is InChI=1S/C14H17N3O/c1-10-12(15)4-3-5-13(10)17-9-11-6-7-16-14(8-11)18-2/h3-8,17H,9,15H2,1-2H3. The van der Waals surface area contributed by atoms with E-state index in [1.54, 1.807) is 13.3 Å². The highest BCUT2D eigenvalue weighted by molar-refractivity contribution is 5.62. The molecule has 0 aliphatic carbocycles. The van der Waals surface area contributed by atoms with Gasteiger partial charge in [0, 0.05) is 30.2 Å². The van der Waals surface area contributed by atoms with Crippen LogP contribution in [0.2, 0.25) is 0 Å². The summed E-state index contributed by atoms with van der Waals surface area (Å²) in [5.74, 6) is 0.624. The fourth-order valence-corrected chi connectivity index (χ4v) is 1.71. The van der Waals surface area contributed by atoms with E-state index in [2.05, 4.69) is 10.3 Å². The van der Waals surface area contributed by atoms with Gasteiger partial charge >= 0.3 is 0 Å². The summed E-state index contributed by atoms with van der Waals surface area (Å²) in [6, 6.07) is 9.73. The number of anilines is 2. The van der Waals surface area contributed by atoms with Crippen molar-refractivity contribution in [1.29, 1.82) is 0 Å². The van der Waals surface area contributed by atoms with Crippen LogP contribution in [0.4, 0.5) is 11.4 Å². The van der Waals surface area contributed by atoms with Crippen LogP contribution in [0.5, 0.6) is 5.88 Å². The van der Waals surface area contributed by atoms with Gasteiger partial charge in [0.1, 0.15) is 0 Å². The van der Waals surface area contributed by atoms with E-state index in [9.17, 15) is 0 Å². The van der Waals surface area contributed by atoms with Crippen LogP contribution in [0.25, 0.3) is 0 Å². The second-order valence-electron chi connectivity index (χ2n) is 4.08. The largest absolute Gasteiger partial charge is 0.481 e. The first-order chi connectivity index (χ1) is 8.70. The third-order valence-corrected chi connectivity index (χ3v) is 2.87. The molecule has 1 heterocycles. The number of nitrogens with zero attached hydrogens (tertiary/aromatic N) is 1. The molecule has 94 valence electrons. The van der Waals surface area contributed by atoms with Crippen LogP contribution in [0.1, 0.15) is 11.1 Å². The van der Waals surface area contributed by atoms with Crippen LogP contribution < -0.4 is 15.8 Å². The highest BCUT2D eigenvalue weighted by Gasteiger charge is 2.01. The molecule has 2 aromatic rings. The molecule has 1 aromatic carbocycles.